The molecular formula is C22H12F2N8. The SMILES string of the molecule is Cc1nc2c3nc(C)c(C)nc3c3nc4c(F)c(C#N)c(C#N)c(F)c4nc3c2nc1C. The Balaban J connectivity index is 2.15. The largest absolute Gasteiger partial charge is 0.247 e. The molecule has 0 N–H and O–H groups in total. The van der Waals surface area contributed by atoms with Crippen LogP contribution < -0.4 is 0 Å². The molecule has 5 aromatic rings. The van der Waals surface area contributed by atoms with Crippen LogP contribution in [-0.4, -0.2) is 29.9 Å². The standard InChI is InChI=1S/C22H12F2N8/c1-7-9(3)29-19-17(27-7)18-20(30-10(4)8(2)28-18)22-21(19)31-15-13(23)11(5-25)12(6-26)14(24)16(15)32-22/h1-4H3. The van der Waals surface area contributed by atoms with E-state index >= 15 is 8.78 Å². The molecule has 0 amide bonds. The quantitative estimate of drug-likeness (QED) is 0.269. The molecule has 154 valence electrons. The number of fused-ring (bicyclic) bond motifs is 7. The van der Waals surface area contributed by atoms with Crippen molar-refractivity contribution in [2.45, 2.75) is 27.7 Å². The fraction of sp³-hybridized carbons (Fsp3) is 0.182. The number of nitrogens with zero attached hydrogens (tertiary/aromatic N) is 8. The Hall–Kier alpha value is -4.44. The number of hydrogen-bond acceptors (Lipinski definition) is 8. The lowest BCUT2D eigenvalue weighted by Crippen LogP contribution is -2.05. The van der Waals surface area contributed by atoms with Gasteiger partial charge in [-0.1, -0.05) is 0 Å². The van der Waals surface area contributed by atoms with E-state index in [1.807, 2.05) is 0 Å². The van der Waals surface area contributed by atoms with Crippen LogP contribution in [0.3, 0.4) is 0 Å². The van der Waals surface area contributed by atoms with E-state index in [2.05, 4.69) is 29.9 Å². The number of benzene rings is 2. The molecule has 0 aliphatic rings. The molecule has 0 spiro atoms. The monoisotopic (exact) mass is 426 g/mol. The Morgan fingerprint density at radius 2 is 0.719 bits per heavy atom. The van der Waals surface area contributed by atoms with Gasteiger partial charge in [-0.3, -0.25) is 0 Å². The van der Waals surface area contributed by atoms with Gasteiger partial charge in [0, 0.05) is 0 Å². The van der Waals surface area contributed by atoms with E-state index in [1.54, 1.807) is 27.7 Å². The summed E-state index contributed by atoms with van der Waals surface area (Å²) in [6, 6.07) is 3.07. The first-order valence-corrected chi connectivity index (χ1v) is 9.51. The molecule has 0 saturated carbocycles. The van der Waals surface area contributed by atoms with Gasteiger partial charge in [-0.25, -0.2) is 38.7 Å². The van der Waals surface area contributed by atoms with Crippen LogP contribution in [-0.2, 0) is 0 Å². The molecule has 0 fully saturated rings. The molecule has 0 aliphatic carbocycles. The number of rotatable bonds is 0. The van der Waals surface area contributed by atoms with Crippen LogP contribution in [0.5, 0.6) is 0 Å². The maximum absolute atomic E-state index is 15.1. The van der Waals surface area contributed by atoms with Crippen molar-refractivity contribution in [2.24, 2.45) is 0 Å². The Labute approximate surface area is 179 Å². The third-order valence-corrected chi connectivity index (χ3v) is 5.51. The van der Waals surface area contributed by atoms with Crippen molar-refractivity contribution in [3.63, 3.8) is 0 Å². The Bertz CT molecular complexity index is 1630. The van der Waals surface area contributed by atoms with Crippen LogP contribution in [0.25, 0.3) is 44.1 Å². The van der Waals surface area contributed by atoms with Crippen LogP contribution in [0.2, 0.25) is 0 Å². The zero-order valence-corrected chi connectivity index (χ0v) is 17.3. The summed E-state index contributed by atoms with van der Waals surface area (Å²) in [5.41, 5.74) is 1.97. The first-order chi connectivity index (χ1) is 15.3. The topological polar surface area (TPSA) is 125 Å². The van der Waals surface area contributed by atoms with Gasteiger partial charge >= 0.3 is 0 Å². The van der Waals surface area contributed by atoms with Gasteiger partial charge < -0.3 is 0 Å². The average Bonchev–Trinajstić information content (AvgIpc) is 2.77. The zero-order valence-electron chi connectivity index (χ0n) is 17.3. The van der Waals surface area contributed by atoms with Gasteiger partial charge in [-0.2, -0.15) is 10.5 Å². The number of hydrogen-bond donors (Lipinski definition) is 0. The minimum atomic E-state index is -1.12. The van der Waals surface area contributed by atoms with Crippen molar-refractivity contribution in [1.82, 2.24) is 29.9 Å². The van der Waals surface area contributed by atoms with Crippen molar-refractivity contribution in [2.75, 3.05) is 0 Å². The Kier molecular flexibility index (Phi) is 3.98. The number of nitriles is 2. The predicted molar refractivity (Wildman–Crippen MR) is 112 cm³/mol. The molecule has 2 aromatic carbocycles. The second kappa shape index (κ2) is 6.53. The van der Waals surface area contributed by atoms with Crippen LogP contribution in [0.4, 0.5) is 8.78 Å². The average molecular weight is 426 g/mol. The van der Waals surface area contributed by atoms with Gasteiger partial charge in [0.15, 0.2) is 11.6 Å². The molecule has 5 rings (SSSR count). The third kappa shape index (κ3) is 2.44. The first-order valence-electron chi connectivity index (χ1n) is 9.51. The Morgan fingerprint density at radius 1 is 0.469 bits per heavy atom. The zero-order chi connectivity index (χ0) is 22.9. The van der Waals surface area contributed by atoms with Gasteiger partial charge in [-0.05, 0) is 27.7 Å². The van der Waals surface area contributed by atoms with Gasteiger partial charge in [-0.15, -0.1) is 0 Å². The smallest absolute Gasteiger partial charge is 0.170 e. The molecule has 8 nitrogen and oxygen atoms in total. The van der Waals surface area contributed by atoms with Crippen molar-refractivity contribution >= 4 is 44.1 Å². The van der Waals surface area contributed by atoms with E-state index in [0.29, 0.717) is 44.8 Å². The van der Waals surface area contributed by atoms with Crippen LogP contribution in [0, 0.1) is 62.0 Å². The van der Waals surface area contributed by atoms with E-state index < -0.39 is 33.8 Å². The molecule has 0 radical (unpaired) electrons. The molecule has 0 bridgehead atoms. The molecule has 32 heavy (non-hydrogen) atoms. The van der Waals surface area contributed by atoms with E-state index in [4.69, 9.17) is 0 Å². The highest BCUT2D eigenvalue weighted by atomic mass is 19.1. The summed E-state index contributed by atoms with van der Waals surface area (Å²) in [6.45, 7) is 7.14. The predicted octanol–water partition coefficient (Wildman–Crippen LogP) is 3.92. The summed E-state index contributed by atoms with van der Waals surface area (Å²) in [6.07, 6.45) is 0. The number of halogens is 2. The van der Waals surface area contributed by atoms with Gasteiger partial charge in [0.2, 0.25) is 0 Å². The minimum absolute atomic E-state index is 0.153. The van der Waals surface area contributed by atoms with Crippen LogP contribution in [0.1, 0.15) is 33.9 Å². The summed E-state index contributed by atoms with van der Waals surface area (Å²) in [4.78, 5) is 27.0. The van der Waals surface area contributed by atoms with E-state index in [9.17, 15) is 10.5 Å². The maximum atomic E-state index is 15.1. The van der Waals surface area contributed by atoms with E-state index in [1.165, 1.54) is 12.1 Å². The molecule has 0 unspecified atom stereocenters. The van der Waals surface area contributed by atoms with Gasteiger partial charge in [0.05, 0.1) is 22.8 Å². The van der Waals surface area contributed by atoms with Crippen molar-refractivity contribution < 1.29 is 8.78 Å². The van der Waals surface area contributed by atoms with Crippen LogP contribution >= 0.6 is 0 Å². The van der Waals surface area contributed by atoms with Gasteiger partial charge in [0.25, 0.3) is 0 Å². The van der Waals surface area contributed by atoms with E-state index in [0.717, 1.165) is 0 Å². The minimum Gasteiger partial charge on any atom is -0.247 e. The summed E-state index contributed by atoms with van der Waals surface area (Å²) < 4.78 is 30.2. The molecule has 10 heteroatoms. The summed E-state index contributed by atoms with van der Waals surface area (Å²) >= 11 is 0. The normalized spacial score (nSPS) is 11.4. The fourth-order valence-corrected chi connectivity index (χ4v) is 3.60. The molecule has 3 aromatic heterocycles. The van der Waals surface area contributed by atoms with Crippen molar-refractivity contribution in [1.29, 1.82) is 10.5 Å². The maximum Gasteiger partial charge on any atom is 0.170 e. The van der Waals surface area contributed by atoms with E-state index in [-0.39, 0.29) is 11.0 Å². The highest BCUT2D eigenvalue weighted by Gasteiger charge is 2.25. The lowest BCUT2D eigenvalue weighted by molar-refractivity contribution is 0.607. The summed E-state index contributed by atoms with van der Waals surface area (Å²) in [5.74, 6) is -2.24. The summed E-state index contributed by atoms with van der Waals surface area (Å²) in [7, 11) is 0. The lowest BCUT2D eigenvalue weighted by Gasteiger charge is -2.12. The second-order valence-electron chi connectivity index (χ2n) is 7.40. The highest BCUT2D eigenvalue weighted by molar-refractivity contribution is 6.19. The number of aryl methyl sites for hydroxylation is 4. The summed E-state index contributed by atoms with van der Waals surface area (Å²) in [5, 5.41) is 18.5. The van der Waals surface area contributed by atoms with Crippen LogP contribution in [0.15, 0.2) is 0 Å². The molecule has 3 heterocycles. The molecular weight excluding hydrogens is 414 g/mol. The van der Waals surface area contributed by atoms with Crippen molar-refractivity contribution in [3.05, 3.63) is 45.5 Å². The molecule has 0 saturated heterocycles. The molecule has 0 atom stereocenters. The van der Waals surface area contributed by atoms with Gasteiger partial charge in [0.1, 0.15) is 67.4 Å². The number of aromatic nitrogens is 6. The lowest BCUT2D eigenvalue weighted by atomic mass is 10.1. The third-order valence-electron chi connectivity index (χ3n) is 5.51. The first kappa shape index (κ1) is 19.5. The fourth-order valence-electron chi connectivity index (χ4n) is 3.60. The molecule has 0 aliphatic heterocycles. The second-order valence-corrected chi connectivity index (χ2v) is 7.40. The Morgan fingerprint density at radius 3 is 0.969 bits per heavy atom. The van der Waals surface area contributed by atoms with Crippen molar-refractivity contribution in [3.8, 4) is 12.1 Å². The highest BCUT2D eigenvalue weighted by Crippen LogP contribution is 2.34.